The first kappa shape index (κ1) is 8.41. The van der Waals surface area contributed by atoms with Crippen molar-refractivity contribution < 1.29 is 9.53 Å². The Morgan fingerprint density at radius 1 is 1.36 bits per heavy atom. The second kappa shape index (κ2) is 2.37. The minimum absolute atomic E-state index is 0.0209. The van der Waals surface area contributed by atoms with Crippen LogP contribution in [0, 0.1) is 5.41 Å². The normalized spacial score (nSPS) is 44.6. The van der Waals surface area contributed by atoms with Gasteiger partial charge in [-0.1, -0.05) is 0 Å². The Morgan fingerprint density at radius 2 is 2.07 bits per heavy atom. The van der Waals surface area contributed by atoms with E-state index in [9.17, 15) is 4.79 Å². The van der Waals surface area contributed by atoms with Crippen LogP contribution in [-0.4, -0.2) is 24.3 Å². The van der Waals surface area contributed by atoms with Crippen molar-refractivity contribution in [3.05, 3.63) is 0 Å². The van der Waals surface area contributed by atoms with Gasteiger partial charge in [0.05, 0.1) is 16.7 Å². The fraction of sp³-hybridized carbons (Fsp3) is 0.800. The van der Waals surface area contributed by atoms with Crippen molar-refractivity contribution in [3.63, 3.8) is 0 Å². The highest BCUT2D eigenvalue weighted by molar-refractivity contribution is 6.13. The lowest BCUT2D eigenvalue weighted by Crippen LogP contribution is -2.55. The van der Waals surface area contributed by atoms with E-state index in [-0.39, 0.29) is 16.9 Å². The van der Waals surface area contributed by atoms with Crippen LogP contribution in [-0.2, 0) is 9.53 Å². The molecule has 0 atom stereocenters. The van der Waals surface area contributed by atoms with Crippen molar-refractivity contribution in [3.8, 4) is 0 Å². The van der Waals surface area contributed by atoms with Gasteiger partial charge in [0.2, 0.25) is 0 Å². The number of hydrazone groups is 1. The SMILES string of the molecule is COC12CCC3(CC1)C(=O)NN=C3C2. The standard InChI is InChI=1S/C10H14N2O2/c1-14-9-2-4-10(5-3-9)7(6-9)11-12-8(10)13/h2-6H2,1H3,(H,12,13). The van der Waals surface area contributed by atoms with Crippen LogP contribution in [0.1, 0.15) is 32.1 Å². The highest BCUT2D eigenvalue weighted by Gasteiger charge is 2.59. The van der Waals surface area contributed by atoms with Crippen LogP contribution in [0.3, 0.4) is 0 Å². The average Bonchev–Trinajstić information content (AvgIpc) is 2.58. The third kappa shape index (κ3) is 0.780. The number of nitrogens with one attached hydrogen (secondary N) is 1. The summed E-state index contributed by atoms with van der Waals surface area (Å²) in [6, 6.07) is 0. The van der Waals surface area contributed by atoms with Gasteiger partial charge in [0, 0.05) is 13.5 Å². The molecule has 1 spiro atoms. The van der Waals surface area contributed by atoms with Crippen LogP contribution < -0.4 is 5.43 Å². The summed E-state index contributed by atoms with van der Waals surface area (Å²) < 4.78 is 5.59. The van der Waals surface area contributed by atoms with E-state index in [2.05, 4.69) is 10.5 Å². The van der Waals surface area contributed by atoms with Gasteiger partial charge >= 0.3 is 0 Å². The second-order valence-electron chi connectivity index (χ2n) is 4.65. The summed E-state index contributed by atoms with van der Waals surface area (Å²) in [6.45, 7) is 0. The van der Waals surface area contributed by atoms with Crippen molar-refractivity contribution in [1.29, 1.82) is 0 Å². The van der Waals surface area contributed by atoms with Crippen LogP contribution in [0.15, 0.2) is 5.10 Å². The monoisotopic (exact) mass is 194 g/mol. The van der Waals surface area contributed by atoms with Gasteiger partial charge in [-0.2, -0.15) is 5.10 Å². The molecule has 2 bridgehead atoms. The maximum atomic E-state index is 11.7. The van der Waals surface area contributed by atoms with Gasteiger partial charge < -0.3 is 4.74 Å². The van der Waals surface area contributed by atoms with Gasteiger partial charge in [0.1, 0.15) is 0 Å². The molecule has 14 heavy (non-hydrogen) atoms. The summed E-state index contributed by atoms with van der Waals surface area (Å²) in [7, 11) is 1.77. The average molecular weight is 194 g/mol. The van der Waals surface area contributed by atoms with E-state index in [1.807, 2.05) is 0 Å². The molecular weight excluding hydrogens is 180 g/mol. The van der Waals surface area contributed by atoms with Gasteiger partial charge in [-0.15, -0.1) is 0 Å². The minimum Gasteiger partial charge on any atom is -0.378 e. The zero-order chi connectivity index (χ0) is 9.81. The lowest BCUT2D eigenvalue weighted by Gasteiger charge is -2.49. The van der Waals surface area contributed by atoms with Gasteiger partial charge in [-0.05, 0) is 25.7 Å². The van der Waals surface area contributed by atoms with E-state index in [1.54, 1.807) is 7.11 Å². The number of carbonyl (C=O) groups is 1. The predicted octanol–water partition coefficient (Wildman–Crippen LogP) is 0.822. The maximum Gasteiger partial charge on any atom is 0.252 e. The topological polar surface area (TPSA) is 50.7 Å². The minimum atomic E-state index is -0.250. The first-order chi connectivity index (χ1) is 6.71. The van der Waals surface area contributed by atoms with E-state index in [1.165, 1.54) is 0 Å². The third-order valence-electron chi connectivity index (χ3n) is 4.22. The molecular formula is C10H14N2O2. The zero-order valence-electron chi connectivity index (χ0n) is 8.30. The van der Waals surface area contributed by atoms with Crippen LogP contribution in [0.2, 0.25) is 0 Å². The molecule has 0 aromatic carbocycles. The molecule has 3 fully saturated rings. The summed E-state index contributed by atoms with van der Waals surface area (Å²) in [5.41, 5.74) is 3.37. The first-order valence-electron chi connectivity index (χ1n) is 5.14. The van der Waals surface area contributed by atoms with Crippen molar-refractivity contribution in [2.45, 2.75) is 37.7 Å². The molecule has 4 aliphatic rings. The van der Waals surface area contributed by atoms with Gasteiger partial charge in [-0.25, -0.2) is 5.43 Å². The molecule has 0 unspecified atom stereocenters. The Labute approximate surface area is 82.7 Å². The van der Waals surface area contributed by atoms with Crippen molar-refractivity contribution in [1.82, 2.24) is 5.43 Å². The summed E-state index contributed by atoms with van der Waals surface area (Å²) in [4.78, 5) is 11.7. The van der Waals surface area contributed by atoms with E-state index in [4.69, 9.17) is 4.74 Å². The van der Waals surface area contributed by atoms with E-state index in [0.29, 0.717) is 0 Å². The molecule has 4 heteroatoms. The molecule has 76 valence electrons. The smallest absolute Gasteiger partial charge is 0.252 e. The van der Waals surface area contributed by atoms with Crippen molar-refractivity contribution >= 4 is 11.6 Å². The number of hydrogen-bond acceptors (Lipinski definition) is 3. The van der Waals surface area contributed by atoms with Crippen LogP contribution >= 0.6 is 0 Å². The maximum absolute atomic E-state index is 11.7. The molecule has 0 aromatic heterocycles. The summed E-state index contributed by atoms with van der Waals surface area (Å²) >= 11 is 0. The van der Waals surface area contributed by atoms with E-state index < -0.39 is 0 Å². The van der Waals surface area contributed by atoms with Crippen LogP contribution in [0.4, 0.5) is 0 Å². The van der Waals surface area contributed by atoms with E-state index >= 15 is 0 Å². The molecule has 4 nitrogen and oxygen atoms in total. The molecule has 1 N–H and O–H groups in total. The Hall–Kier alpha value is -0.900. The van der Waals surface area contributed by atoms with Crippen LogP contribution in [0.5, 0.6) is 0 Å². The fourth-order valence-corrected chi connectivity index (χ4v) is 3.08. The zero-order valence-corrected chi connectivity index (χ0v) is 8.30. The fourth-order valence-electron chi connectivity index (χ4n) is 3.08. The molecule has 4 rings (SSSR count). The van der Waals surface area contributed by atoms with Gasteiger partial charge in [0.15, 0.2) is 0 Å². The Bertz CT molecular complexity index is 327. The third-order valence-corrected chi connectivity index (χ3v) is 4.22. The van der Waals surface area contributed by atoms with Crippen molar-refractivity contribution in [2.75, 3.05) is 7.11 Å². The lowest BCUT2D eigenvalue weighted by atomic mass is 9.57. The first-order valence-corrected chi connectivity index (χ1v) is 5.14. The molecule has 0 aromatic rings. The Kier molecular flexibility index (Phi) is 1.42. The summed E-state index contributed by atoms with van der Waals surface area (Å²) in [6.07, 6.45) is 4.64. The van der Waals surface area contributed by atoms with Crippen molar-refractivity contribution in [2.24, 2.45) is 10.5 Å². The quantitative estimate of drug-likeness (QED) is 0.672. The molecule has 3 aliphatic carbocycles. The number of nitrogens with zero attached hydrogens (tertiary/aromatic N) is 1. The lowest BCUT2D eigenvalue weighted by molar-refractivity contribution is -0.133. The second-order valence-corrected chi connectivity index (χ2v) is 4.65. The molecule has 3 saturated carbocycles. The number of rotatable bonds is 1. The number of ether oxygens (including phenoxy) is 1. The molecule has 1 heterocycles. The predicted molar refractivity (Wildman–Crippen MR) is 50.8 cm³/mol. The van der Waals surface area contributed by atoms with Crippen LogP contribution in [0.25, 0.3) is 0 Å². The number of hydrogen-bond donors (Lipinski definition) is 1. The molecule has 0 radical (unpaired) electrons. The number of fused-ring (bicyclic) bond motifs is 2. The number of amides is 1. The molecule has 1 amide bonds. The number of methoxy groups -OCH3 is 1. The number of carbonyl (C=O) groups excluding carboxylic acids is 1. The summed E-state index contributed by atoms with van der Waals surface area (Å²) in [5, 5.41) is 4.14. The highest BCUT2D eigenvalue weighted by atomic mass is 16.5. The Morgan fingerprint density at radius 3 is 2.71 bits per heavy atom. The largest absolute Gasteiger partial charge is 0.378 e. The van der Waals surface area contributed by atoms with Gasteiger partial charge in [-0.3, -0.25) is 4.79 Å². The molecule has 0 saturated heterocycles. The molecule has 1 aliphatic heterocycles. The van der Waals surface area contributed by atoms with E-state index in [0.717, 1.165) is 37.8 Å². The highest BCUT2D eigenvalue weighted by Crippen LogP contribution is 2.53. The summed E-state index contributed by atoms with van der Waals surface area (Å²) in [5.74, 6) is 0.108. The van der Waals surface area contributed by atoms with Gasteiger partial charge in [0.25, 0.3) is 5.91 Å². The Balaban J connectivity index is 2.01.